The number of carbonyl (C=O) groups excluding carboxylic acids is 1. The quantitative estimate of drug-likeness (QED) is 0.571. The van der Waals surface area contributed by atoms with Gasteiger partial charge in [0.15, 0.2) is 0 Å². The van der Waals surface area contributed by atoms with Crippen LogP contribution >= 0.6 is 0 Å². The molecule has 0 unspecified atom stereocenters. The molecular formula is C26H27NO2. The zero-order valence-electron chi connectivity index (χ0n) is 16.9. The van der Waals surface area contributed by atoms with E-state index in [4.69, 9.17) is 4.74 Å². The van der Waals surface area contributed by atoms with Crippen LogP contribution in [0.3, 0.4) is 0 Å². The van der Waals surface area contributed by atoms with Gasteiger partial charge < -0.3 is 9.64 Å². The predicted molar refractivity (Wildman–Crippen MR) is 116 cm³/mol. The fourth-order valence-electron chi connectivity index (χ4n) is 3.83. The van der Waals surface area contributed by atoms with E-state index in [1.165, 1.54) is 22.3 Å². The van der Waals surface area contributed by atoms with Crippen molar-refractivity contribution in [1.29, 1.82) is 0 Å². The normalized spacial score (nSPS) is 16.0. The van der Waals surface area contributed by atoms with Crippen LogP contribution in [0.15, 0.2) is 78.9 Å². The maximum Gasteiger partial charge on any atom is 0.252 e. The van der Waals surface area contributed by atoms with Gasteiger partial charge >= 0.3 is 0 Å². The van der Waals surface area contributed by atoms with Crippen molar-refractivity contribution in [2.45, 2.75) is 39.0 Å². The number of hydrogen-bond donors (Lipinski definition) is 0. The van der Waals surface area contributed by atoms with E-state index in [-0.39, 0.29) is 12.0 Å². The number of rotatable bonds is 6. The third-order valence-electron chi connectivity index (χ3n) is 5.57. The third kappa shape index (κ3) is 4.75. The minimum absolute atomic E-state index is 0.0953. The molecule has 1 heterocycles. The second kappa shape index (κ2) is 9.06. The molecule has 1 amide bonds. The van der Waals surface area contributed by atoms with Gasteiger partial charge in [-0.05, 0) is 47.6 Å². The highest BCUT2D eigenvalue weighted by Gasteiger charge is 2.28. The van der Waals surface area contributed by atoms with Gasteiger partial charge in [0.1, 0.15) is 6.10 Å². The molecule has 0 N–H and O–H groups in total. The molecule has 29 heavy (non-hydrogen) atoms. The summed E-state index contributed by atoms with van der Waals surface area (Å²) in [6.45, 7) is 3.97. The van der Waals surface area contributed by atoms with E-state index in [2.05, 4.69) is 55.5 Å². The lowest BCUT2D eigenvalue weighted by molar-refractivity contribution is -0.142. The monoisotopic (exact) mass is 385 g/mol. The first-order valence-corrected chi connectivity index (χ1v) is 10.3. The average molecular weight is 386 g/mol. The Balaban J connectivity index is 1.54. The van der Waals surface area contributed by atoms with Crippen LogP contribution in [0.5, 0.6) is 0 Å². The Labute approximate surface area is 172 Å². The highest BCUT2D eigenvalue weighted by molar-refractivity contribution is 5.81. The molecule has 3 aromatic rings. The van der Waals surface area contributed by atoms with Crippen LogP contribution in [0, 0.1) is 6.92 Å². The summed E-state index contributed by atoms with van der Waals surface area (Å²) in [6.07, 6.45) is 1.47. The van der Waals surface area contributed by atoms with E-state index in [9.17, 15) is 4.79 Å². The molecule has 0 aliphatic carbocycles. The Morgan fingerprint density at radius 1 is 0.897 bits per heavy atom. The molecular weight excluding hydrogens is 358 g/mol. The number of hydrogen-bond acceptors (Lipinski definition) is 2. The smallest absolute Gasteiger partial charge is 0.252 e. The van der Waals surface area contributed by atoms with E-state index < -0.39 is 0 Å². The summed E-state index contributed by atoms with van der Waals surface area (Å²) in [5.74, 6) is 0.0953. The molecule has 1 saturated heterocycles. The van der Waals surface area contributed by atoms with Crippen LogP contribution in [-0.2, 0) is 22.6 Å². The van der Waals surface area contributed by atoms with Crippen LogP contribution in [-0.4, -0.2) is 23.5 Å². The highest BCUT2D eigenvalue weighted by Crippen LogP contribution is 2.22. The number of aryl methyl sites for hydroxylation is 1. The summed E-state index contributed by atoms with van der Waals surface area (Å²) >= 11 is 0. The second-order valence-corrected chi connectivity index (χ2v) is 7.69. The SMILES string of the molecule is Cc1ccccc1CN(Cc1ccc(-c2ccccc2)cc1)C(=O)[C@@H]1CCCO1. The molecule has 3 aromatic carbocycles. The lowest BCUT2D eigenvalue weighted by atomic mass is 10.0. The van der Waals surface area contributed by atoms with Crippen molar-refractivity contribution in [3.8, 4) is 11.1 Å². The number of nitrogens with zero attached hydrogens (tertiary/aromatic N) is 1. The van der Waals surface area contributed by atoms with E-state index in [0.29, 0.717) is 19.7 Å². The highest BCUT2D eigenvalue weighted by atomic mass is 16.5. The molecule has 1 fully saturated rings. The predicted octanol–water partition coefficient (Wildman–Crippen LogP) is 5.37. The molecule has 1 aliphatic rings. The van der Waals surface area contributed by atoms with E-state index in [0.717, 1.165) is 18.4 Å². The Morgan fingerprint density at radius 3 is 2.28 bits per heavy atom. The molecule has 4 rings (SSSR count). The second-order valence-electron chi connectivity index (χ2n) is 7.69. The Bertz CT molecular complexity index is 944. The van der Waals surface area contributed by atoms with Crippen LogP contribution in [0.4, 0.5) is 0 Å². The van der Waals surface area contributed by atoms with Crippen LogP contribution in [0.25, 0.3) is 11.1 Å². The van der Waals surface area contributed by atoms with Crippen molar-refractivity contribution in [1.82, 2.24) is 4.90 Å². The topological polar surface area (TPSA) is 29.5 Å². The Hall–Kier alpha value is -2.91. The minimum Gasteiger partial charge on any atom is -0.368 e. The molecule has 3 nitrogen and oxygen atoms in total. The van der Waals surface area contributed by atoms with E-state index >= 15 is 0 Å². The zero-order chi connectivity index (χ0) is 20.1. The minimum atomic E-state index is -0.303. The summed E-state index contributed by atoms with van der Waals surface area (Å²) in [6, 6.07) is 27.1. The van der Waals surface area contributed by atoms with Crippen molar-refractivity contribution in [3.63, 3.8) is 0 Å². The summed E-state index contributed by atoms with van der Waals surface area (Å²) in [4.78, 5) is 15.1. The number of ether oxygens (including phenoxy) is 1. The fraction of sp³-hybridized carbons (Fsp3) is 0.269. The first kappa shape index (κ1) is 19.4. The van der Waals surface area contributed by atoms with E-state index in [1.54, 1.807) is 0 Å². The van der Waals surface area contributed by atoms with Gasteiger partial charge in [0.2, 0.25) is 0 Å². The first-order chi connectivity index (χ1) is 14.2. The maximum absolute atomic E-state index is 13.2. The van der Waals surface area contributed by atoms with E-state index in [1.807, 2.05) is 35.2 Å². The van der Waals surface area contributed by atoms with Crippen LogP contribution < -0.4 is 0 Å². The number of carbonyl (C=O) groups is 1. The van der Waals surface area contributed by atoms with Crippen LogP contribution in [0.1, 0.15) is 29.5 Å². The average Bonchev–Trinajstić information content (AvgIpc) is 3.30. The van der Waals surface area contributed by atoms with Crippen molar-refractivity contribution >= 4 is 5.91 Å². The van der Waals surface area contributed by atoms with Gasteiger partial charge in [0.05, 0.1) is 0 Å². The summed E-state index contributed by atoms with van der Waals surface area (Å²) < 4.78 is 5.69. The van der Waals surface area contributed by atoms with Crippen molar-refractivity contribution < 1.29 is 9.53 Å². The van der Waals surface area contributed by atoms with Gasteiger partial charge in [-0.1, -0.05) is 78.9 Å². The van der Waals surface area contributed by atoms with Gasteiger partial charge in [-0.3, -0.25) is 4.79 Å². The number of benzene rings is 3. The van der Waals surface area contributed by atoms with Gasteiger partial charge in [-0.2, -0.15) is 0 Å². The molecule has 3 heteroatoms. The lowest BCUT2D eigenvalue weighted by Gasteiger charge is -2.26. The molecule has 0 saturated carbocycles. The Kier molecular flexibility index (Phi) is 6.06. The van der Waals surface area contributed by atoms with Crippen LogP contribution in [0.2, 0.25) is 0 Å². The molecule has 1 atom stereocenters. The molecule has 148 valence electrons. The van der Waals surface area contributed by atoms with Crippen molar-refractivity contribution in [2.75, 3.05) is 6.61 Å². The number of amides is 1. The van der Waals surface area contributed by atoms with Crippen molar-refractivity contribution in [2.24, 2.45) is 0 Å². The maximum atomic E-state index is 13.2. The standard InChI is InChI=1S/C26H27NO2/c1-20-8-5-6-11-24(20)19-27(26(28)25-12-7-17-29-25)18-21-13-15-23(16-14-21)22-9-3-2-4-10-22/h2-6,8-11,13-16,25H,7,12,17-19H2,1H3/t25-/m0/s1. The fourth-order valence-corrected chi connectivity index (χ4v) is 3.83. The van der Waals surface area contributed by atoms with Gasteiger partial charge in [-0.15, -0.1) is 0 Å². The molecule has 0 bridgehead atoms. The summed E-state index contributed by atoms with van der Waals surface area (Å²) in [5, 5.41) is 0. The van der Waals surface area contributed by atoms with Gasteiger partial charge in [0, 0.05) is 19.7 Å². The summed E-state index contributed by atoms with van der Waals surface area (Å²) in [7, 11) is 0. The van der Waals surface area contributed by atoms with Gasteiger partial charge in [0.25, 0.3) is 5.91 Å². The zero-order valence-corrected chi connectivity index (χ0v) is 16.9. The largest absolute Gasteiger partial charge is 0.368 e. The first-order valence-electron chi connectivity index (χ1n) is 10.3. The lowest BCUT2D eigenvalue weighted by Crippen LogP contribution is -2.38. The third-order valence-corrected chi connectivity index (χ3v) is 5.57. The molecule has 0 radical (unpaired) electrons. The Morgan fingerprint density at radius 2 is 1.59 bits per heavy atom. The molecule has 1 aliphatic heterocycles. The molecule has 0 spiro atoms. The van der Waals surface area contributed by atoms with Crippen molar-refractivity contribution in [3.05, 3.63) is 95.6 Å². The van der Waals surface area contributed by atoms with Gasteiger partial charge in [-0.25, -0.2) is 0 Å². The summed E-state index contributed by atoms with van der Waals surface area (Å²) in [5.41, 5.74) is 5.90. The molecule has 0 aromatic heterocycles.